The molecule has 0 aliphatic heterocycles. The van der Waals surface area contributed by atoms with Gasteiger partial charge in [0.2, 0.25) is 5.91 Å². The Morgan fingerprint density at radius 3 is 1.57 bits per heavy atom. The Hall–Kier alpha value is -0.240. The van der Waals surface area contributed by atoms with Crippen LogP contribution in [0.5, 0.6) is 0 Å². The van der Waals surface area contributed by atoms with E-state index in [9.17, 15) is 4.79 Å². The largest absolute Gasteiger partial charge is 0.342 e. The second-order valence-electron chi connectivity index (χ2n) is 7.00. The third-order valence-corrected chi connectivity index (χ3v) is 4.11. The molecule has 0 aromatic carbocycles. The summed E-state index contributed by atoms with van der Waals surface area (Å²) in [7, 11) is 0. The number of rotatable bonds is 13. The fourth-order valence-corrected chi connectivity index (χ4v) is 2.68. The third-order valence-electron chi connectivity index (χ3n) is 3.89. The highest BCUT2D eigenvalue weighted by Crippen LogP contribution is 2.11. The first kappa shape index (κ1) is 20.8. The summed E-state index contributed by atoms with van der Waals surface area (Å²) in [5.74, 6) is 1.79. The van der Waals surface area contributed by atoms with E-state index in [4.69, 9.17) is 11.6 Å². The Bertz CT molecular complexity index is 236. The average molecular weight is 318 g/mol. The molecular weight excluding hydrogens is 282 g/mol. The number of hydrogen-bond donors (Lipinski definition) is 0. The van der Waals surface area contributed by atoms with Crippen molar-refractivity contribution in [1.29, 1.82) is 0 Å². The minimum Gasteiger partial charge on any atom is -0.342 e. The average Bonchev–Trinajstić information content (AvgIpc) is 2.42. The standard InChI is InChI=1S/C18H36ClNO/c1-16(2)11-7-5-9-13-20(18(21)15-19)14-10-6-8-12-17(3)4/h16-17H,5-15H2,1-4H3. The van der Waals surface area contributed by atoms with Crippen LogP contribution in [0.1, 0.15) is 79.1 Å². The highest BCUT2D eigenvalue weighted by molar-refractivity contribution is 6.27. The number of nitrogens with zero attached hydrogens (tertiary/aromatic N) is 1. The van der Waals surface area contributed by atoms with Crippen molar-refractivity contribution in [2.24, 2.45) is 11.8 Å². The Morgan fingerprint density at radius 2 is 1.24 bits per heavy atom. The van der Waals surface area contributed by atoms with Crippen molar-refractivity contribution >= 4 is 17.5 Å². The molecule has 0 fully saturated rings. The van der Waals surface area contributed by atoms with Gasteiger partial charge < -0.3 is 4.90 Å². The number of carbonyl (C=O) groups is 1. The van der Waals surface area contributed by atoms with Gasteiger partial charge in [0.15, 0.2) is 0 Å². The maximum atomic E-state index is 11.8. The Morgan fingerprint density at radius 1 is 0.810 bits per heavy atom. The lowest BCUT2D eigenvalue weighted by atomic mass is 10.0. The van der Waals surface area contributed by atoms with E-state index >= 15 is 0 Å². The lowest BCUT2D eigenvalue weighted by Gasteiger charge is -2.22. The van der Waals surface area contributed by atoms with Crippen LogP contribution in [0.15, 0.2) is 0 Å². The summed E-state index contributed by atoms with van der Waals surface area (Å²) >= 11 is 5.72. The van der Waals surface area contributed by atoms with Crippen LogP contribution in [-0.2, 0) is 4.79 Å². The second kappa shape index (κ2) is 13.4. The van der Waals surface area contributed by atoms with Gasteiger partial charge in [0.05, 0.1) is 0 Å². The van der Waals surface area contributed by atoms with Crippen molar-refractivity contribution in [3.63, 3.8) is 0 Å². The molecule has 0 unspecified atom stereocenters. The number of carbonyl (C=O) groups excluding carboxylic acids is 1. The number of hydrogen-bond acceptors (Lipinski definition) is 1. The zero-order chi connectivity index (χ0) is 16.1. The molecule has 0 aliphatic carbocycles. The molecule has 0 aromatic heterocycles. The topological polar surface area (TPSA) is 20.3 Å². The van der Waals surface area contributed by atoms with Crippen molar-refractivity contribution in [3.05, 3.63) is 0 Å². The van der Waals surface area contributed by atoms with Gasteiger partial charge in [-0.3, -0.25) is 4.79 Å². The van der Waals surface area contributed by atoms with Gasteiger partial charge in [-0.25, -0.2) is 0 Å². The van der Waals surface area contributed by atoms with Crippen molar-refractivity contribution in [3.8, 4) is 0 Å². The van der Waals surface area contributed by atoms with Crippen LogP contribution >= 0.6 is 11.6 Å². The molecule has 0 saturated heterocycles. The van der Waals surface area contributed by atoms with Gasteiger partial charge in [-0.15, -0.1) is 11.6 Å². The SMILES string of the molecule is CC(C)CCCCCN(CCCCCC(C)C)C(=O)CCl. The second-order valence-corrected chi connectivity index (χ2v) is 7.27. The van der Waals surface area contributed by atoms with E-state index < -0.39 is 0 Å². The summed E-state index contributed by atoms with van der Waals surface area (Å²) in [6.07, 6.45) is 9.79. The van der Waals surface area contributed by atoms with Gasteiger partial charge in [-0.05, 0) is 24.7 Å². The van der Waals surface area contributed by atoms with Gasteiger partial charge in [-0.2, -0.15) is 0 Å². The molecule has 0 aliphatic rings. The first-order valence-corrected chi connectivity index (χ1v) is 9.34. The summed E-state index contributed by atoms with van der Waals surface area (Å²) < 4.78 is 0. The number of alkyl halides is 1. The van der Waals surface area contributed by atoms with Gasteiger partial charge in [0.25, 0.3) is 0 Å². The van der Waals surface area contributed by atoms with E-state index in [1.54, 1.807) is 0 Å². The maximum absolute atomic E-state index is 11.8. The lowest BCUT2D eigenvalue weighted by Crippen LogP contribution is -2.33. The molecule has 1 amide bonds. The monoisotopic (exact) mass is 317 g/mol. The van der Waals surface area contributed by atoms with E-state index in [2.05, 4.69) is 27.7 Å². The van der Waals surface area contributed by atoms with Crippen LogP contribution < -0.4 is 0 Å². The molecule has 0 aromatic rings. The molecule has 0 atom stereocenters. The summed E-state index contributed by atoms with van der Waals surface area (Å²) in [5, 5.41) is 0. The number of unbranched alkanes of at least 4 members (excludes halogenated alkanes) is 4. The van der Waals surface area contributed by atoms with E-state index in [0.29, 0.717) is 0 Å². The molecule has 0 heterocycles. The normalized spacial score (nSPS) is 11.4. The molecule has 0 spiro atoms. The molecule has 2 nitrogen and oxygen atoms in total. The summed E-state index contributed by atoms with van der Waals surface area (Å²) in [5.41, 5.74) is 0. The summed E-state index contributed by atoms with van der Waals surface area (Å²) in [4.78, 5) is 13.8. The Labute approximate surface area is 137 Å². The molecule has 3 heteroatoms. The minimum atomic E-state index is 0.101. The molecule has 0 bridgehead atoms. The quantitative estimate of drug-likeness (QED) is 0.325. The first-order valence-electron chi connectivity index (χ1n) is 8.81. The van der Waals surface area contributed by atoms with Crippen molar-refractivity contribution in [2.75, 3.05) is 19.0 Å². The van der Waals surface area contributed by atoms with Crippen LogP contribution in [0.25, 0.3) is 0 Å². The molecule has 0 N–H and O–H groups in total. The van der Waals surface area contributed by atoms with Crippen molar-refractivity contribution in [1.82, 2.24) is 4.90 Å². The van der Waals surface area contributed by atoms with Crippen LogP contribution in [0.4, 0.5) is 0 Å². The van der Waals surface area contributed by atoms with Gasteiger partial charge in [0.1, 0.15) is 5.88 Å². The van der Waals surface area contributed by atoms with Crippen molar-refractivity contribution < 1.29 is 4.79 Å². The van der Waals surface area contributed by atoms with Crippen LogP contribution in [0, 0.1) is 11.8 Å². The highest BCUT2D eigenvalue weighted by Gasteiger charge is 2.11. The molecular formula is C18H36ClNO. The van der Waals surface area contributed by atoms with Crippen molar-refractivity contribution in [2.45, 2.75) is 79.1 Å². The molecule has 126 valence electrons. The fraction of sp³-hybridized carbons (Fsp3) is 0.944. The zero-order valence-electron chi connectivity index (χ0n) is 14.7. The summed E-state index contributed by atoms with van der Waals surface area (Å²) in [6, 6.07) is 0. The molecule has 21 heavy (non-hydrogen) atoms. The van der Waals surface area contributed by atoms with Crippen LogP contribution in [-0.4, -0.2) is 29.8 Å². The van der Waals surface area contributed by atoms with E-state index in [0.717, 1.165) is 37.8 Å². The molecule has 0 saturated carbocycles. The highest BCUT2D eigenvalue weighted by atomic mass is 35.5. The predicted octanol–water partition coefficient (Wildman–Crippen LogP) is 5.49. The van der Waals surface area contributed by atoms with Gasteiger partial charge >= 0.3 is 0 Å². The maximum Gasteiger partial charge on any atom is 0.237 e. The predicted molar refractivity (Wildman–Crippen MR) is 93.9 cm³/mol. The van der Waals surface area contributed by atoms with Gasteiger partial charge in [-0.1, -0.05) is 66.2 Å². The van der Waals surface area contributed by atoms with E-state index in [-0.39, 0.29) is 11.8 Å². The third kappa shape index (κ3) is 13.2. The summed E-state index contributed by atoms with van der Waals surface area (Å²) in [6.45, 7) is 10.8. The van der Waals surface area contributed by atoms with Crippen LogP contribution in [0.3, 0.4) is 0 Å². The zero-order valence-corrected chi connectivity index (χ0v) is 15.4. The minimum absolute atomic E-state index is 0.101. The Kier molecular flexibility index (Phi) is 13.3. The van der Waals surface area contributed by atoms with E-state index in [1.165, 1.54) is 38.5 Å². The molecule has 0 rings (SSSR count). The smallest absolute Gasteiger partial charge is 0.237 e. The van der Waals surface area contributed by atoms with Crippen LogP contribution in [0.2, 0.25) is 0 Å². The first-order chi connectivity index (χ1) is 9.97. The fourth-order valence-electron chi connectivity index (χ4n) is 2.51. The molecule has 0 radical (unpaired) electrons. The van der Waals surface area contributed by atoms with Gasteiger partial charge in [0, 0.05) is 13.1 Å². The van der Waals surface area contributed by atoms with E-state index in [1.807, 2.05) is 4.90 Å². The number of halogens is 1. The lowest BCUT2D eigenvalue weighted by molar-refractivity contribution is -0.128. The number of amides is 1. The Balaban J connectivity index is 3.80.